The van der Waals surface area contributed by atoms with Gasteiger partial charge in [-0.3, -0.25) is 4.70 Å². The van der Waals surface area contributed by atoms with Gasteiger partial charge in [0.05, 0.1) is 18.9 Å². The van der Waals surface area contributed by atoms with Gasteiger partial charge < -0.3 is 83.9 Å². The standard InChI is InChI=1S/C13H17FN2O.2C13H13FN2O.C13H18N2O2.C12H15FN2O2.2C12H15FN2O.FH/c2*14-8-9-15-13(17)16-12-7-3-5-10-4-1-2-6-11(10)12;14-7-8-15-13(17)16-12-6-5-10-3-1-2-4-11(10)9-12;1-2-7-14-13(16)15-9-11-5-3-4-10-6-8-17-12(10)11;13-5-6-14-12(16)15-8-10-3-1-2-9-4-7-17-11(9)10;13-7-8-14-12(16)15-11-6-2-4-9-3-1-5-10(9)11;13-6-7-14-12(16)15-11-5-4-9-2-1-3-10(9)8-11;/h3,5,7H,1-2,4,6,8-9H2,(H2,15,16,17);1-7H,8-9H2,(H2,15,16,17);1-6,9H,7-8H2,(H2,15,16,17);3-5H,2,6-9H2,1H3,(H2,14,15,16);1-3H,4-8H2,(H2,14,15,16);2,4,6H,1,3,5,7-8H2,(H2,14,15,16);4-5,8H,1-3,6-7H2,(H2,14,15,16);1H. The molecule has 0 bridgehead atoms. The molecular weight excluding hydrogens is 1530 g/mol. The molecule has 14 amide bonds. The van der Waals surface area contributed by atoms with E-state index in [4.69, 9.17) is 9.47 Å². The third kappa shape index (κ3) is 31.3. The molecule has 0 radical (unpaired) electrons. The summed E-state index contributed by atoms with van der Waals surface area (Å²) in [5.41, 5.74) is 16.1. The van der Waals surface area contributed by atoms with Crippen molar-refractivity contribution in [3.8, 4) is 11.5 Å². The van der Waals surface area contributed by atoms with E-state index in [0.717, 1.165) is 144 Å². The van der Waals surface area contributed by atoms with Gasteiger partial charge in [-0.2, -0.15) is 0 Å². The lowest BCUT2D eigenvalue weighted by atomic mass is 9.90. The summed E-state index contributed by atoms with van der Waals surface area (Å²) in [6.45, 7) is 2.01. The van der Waals surface area contributed by atoms with Crippen molar-refractivity contribution in [1.82, 2.24) is 47.9 Å². The number of rotatable bonds is 23. The van der Waals surface area contributed by atoms with Gasteiger partial charge in [0.2, 0.25) is 0 Å². The molecule has 0 atom stereocenters. The largest absolute Gasteiger partial charge is 0.493 e. The Kier molecular flexibility index (Phi) is 41.0. The topological polar surface area (TPSA) is 306 Å². The Labute approximate surface area is 683 Å². The number of anilines is 5. The molecule has 2 heterocycles. The Bertz CT molecular complexity index is 4600. The van der Waals surface area contributed by atoms with E-state index in [1.807, 2.05) is 165 Å². The fourth-order valence-corrected chi connectivity index (χ4v) is 13.3. The molecule has 9 aromatic rings. The van der Waals surface area contributed by atoms with Gasteiger partial charge >= 0.3 is 42.2 Å². The summed E-state index contributed by atoms with van der Waals surface area (Å²) in [5.74, 6) is 1.82. The molecule has 0 saturated heterocycles. The summed E-state index contributed by atoms with van der Waals surface area (Å²) >= 11 is 0. The molecule has 632 valence electrons. The first-order valence-corrected chi connectivity index (χ1v) is 39.5. The number of halogens is 7. The summed E-state index contributed by atoms with van der Waals surface area (Å²) < 4.78 is 82.3. The number of benzene rings is 9. The lowest BCUT2D eigenvalue weighted by molar-refractivity contribution is 0.238. The van der Waals surface area contributed by atoms with Crippen molar-refractivity contribution in [1.29, 1.82) is 0 Å². The van der Waals surface area contributed by atoms with Crippen molar-refractivity contribution in [2.24, 2.45) is 0 Å². The first kappa shape index (κ1) is 92.7. The number of urea groups is 7. The molecule has 118 heavy (non-hydrogen) atoms. The van der Waals surface area contributed by atoms with E-state index in [0.29, 0.717) is 31.9 Å². The third-order valence-corrected chi connectivity index (χ3v) is 18.7. The quantitative estimate of drug-likeness (QED) is 0.0270. The van der Waals surface area contributed by atoms with E-state index in [9.17, 15) is 59.9 Å². The number of para-hydroxylation sites is 2. The maximum atomic E-state index is 11.9. The Morgan fingerprint density at radius 3 is 1.20 bits per heavy atom. The van der Waals surface area contributed by atoms with Crippen LogP contribution in [0, 0.1) is 0 Å². The number of amides is 14. The highest BCUT2D eigenvalue weighted by atomic mass is 19.1. The van der Waals surface area contributed by atoms with Crippen molar-refractivity contribution < 1.29 is 74.1 Å². The first-order chi connectivity index (χ1) is 57.1. The van der Waals surface area contributed by atoms with E-state index >= 15 is 0 Å². The predicted molar refractivity (Wildman–Crippen MR) is 453 cm³/mol. The smallest absolute Gasteiger partial charge is 0.319 e. The minimum atomic E-state index is -0.567. The number of hydrogen-bond acceptors (Lipinski definition) is 9. The van der Waals surface area contributed by atoms with Gasteiger partial charge in [0.25, 0.3) is 0 Å². The van der Waals surface area contributed by atoms with Crippen molar-refractivity contribution in [3.63, 3.8) is 0 Å². The third-order valence-electron chi connectivity index (χ3n) is 18.7. The van der Waals surface area contributed by atoms with Gasteiger partial charge in [0, 0.05) is 111 Å². The Morgan fingerprint density at radius 2 is 0.678 bits per heavy atom. The zero-order valence-corrected chi connectivity index (χ0v) is 66.3. The van der Waals surface area contributed by atoms with Gasteiger partial charge in [0.1, 0.15) is 51.5 Å². The second-order valence-corrected chi connectivity index (χ2v) is 27.1. The van der Waals surface area contributed by atoms with Gasteiger partial charge in [0.15, 0.2) is 0 Å². The molecule has 23 nitrogen and oxygen atoms in total. The molecule has 14 rings (SSSR count). The number of ether oxygens (including phenoxy) is 2. The number of aryl methyl sites for hydroxylation is 4. The average molecular weight is 1640 g/mol. The van der Waals surface area contributed by atoms with Crippen molar-refractivity contribution >= 4 is 92.2 Å². The van der Waals surface area contributed by atoms with Crippen LogP contribution in [-0.4, -0.2) is 141 Å². The van der Waals surface area contributed by atoms with Crippen LogP contribution in [0.2, 0.25) is 0 Å². The number of alkyl halides is 6. The summed E-state index contributed by atoms with van der Waals surface area (Å²) in [7, 11) is 0. The summed E-state index contributed by atoms with van der Waals surface area (Å²) in [6.07, 6.45) is 13.9. The number of carbonyl (C=O) groups excluding carboxylic acids is 7. The maximum Gasteiger partial charge on any atom is 0.319 e. The van der Waals surface area contributed by atoms with E-state index < -0.39 is 46.1 Å². The van der Waals surface area contributed by atoms with Crippen LogP contribution in [0.3, 0.4) is 0 Å². The van der Waals surface area contributed by atoms with E-state index in [1.54, 1.807) is 0 Å². The van der Waals surface area contributed by atoms with Crippen LogP contribution in [0.25, 0.3) is 21.5 Å². The summed E-state index contributed by atoms with van der Waals surface area (Å²) in [5, 5.41) is 40.6. The number of hydrogen-bond donors (Lipinski definition) is 14. The Hall–Kier alpha value is -12.5. The SMILES string of the molecule is CCCNC(=O)NCc1cccc2c1OCC2.F.O=C(NCCF)NCc1cccc2c1OCC2.O=C(NCCF)Nc1ccc2c(c1)CCC2.O=C(NCCF)Nc1ccc2ccccc2c1.O=C(NCCF)Nc1cccc2c1CCC2.O=C(NCCF)Nc1cccc2c1CCCC2.O=C(NCCF)Nc1cccc2ccccc12. The molecule has 0 unspecified atom stereocenters. The normalized spacial score (nSPS) is 12.2. The number of carbonyl (C=O) groups is 7. The molecule has 3 aliphatic carbocycles. The second-order valence-electron chi connectivity index (χ2n) is 27.1. The second kappa shape index (κ2) is 52.2. The molecule has 0 aromatic heterocycles. The summed E-state index contributed by atoms with van der Waals surface area (Å²) in [6, 6.07) is 54.4. The van der Waals surface area contributed by atoms with E-state index in [1.165, 1.54) is 57.3 Å². The summed E-state index contributed by atoms with van der Waals surface area (Å²) in [4.78, 5) is 79.5. The fraction of sp³-hybridized carbons (Fsp3) is 0.352. The maximum absolute atomic E-state index is 11.9. The van der Waals surface area contributed by atoms with Crippen LogP contribution in [0.5, 0.6) is 11.5 Å². The molecule has 9 aromatic carbocycles. The minimum absolute atomic E-state index is 0. The van der Waals surface area contributed by atoms with Crippen LogP contribution in [0.4, 0.5) is 93.0 Å². The van der Waals surface area contributed by atoms with Crippen LogP contribution in [-0.2, 0) is 64.5 Å². The van der Waals surface area contributed by atoms with Crippen LogP contribution in [0.1, 0.15) is 94.7 Å². The van der Waals surface area contributed by atoms with Crippen molar-refractivity contribution in [3.05, 3.63) is 232 Å². The van der Waals surface area contributed by atoms with Crippen LogP contribution < -0.4 is 83.9 Å². The van der Waals surface area contributed by atoms with Crippen LogP contribution in [0.15, 0.2) is 176 Å². The van der Waals surface area contributed by atoms with Gasteiger partial charge in [-0.1, -0.05) is 140 Å². The Balaban J connectivity index is 0.000000190. The highest BCUT2D eigenvalue weighted by Crippen LogP contribution is 2.33. The molecular formula is C88H107F7N14O9. The molecule has 0 spiro atoms. The zero-order valence-electron chi connectivity index (χ0n) is 66.3. The van der Waals surface area contributed by atoms with E-state index in [2.05, 4.69) is 92.6 Å². The van der Waals surface area contributed by atoms with Crippen molar-refractivity contribution in [2.45, 2.75) is 103 Å². The fourth-order valence-electron chi connectivity index (χ4n) is 13.3. The molecule has 30 heteroatoms. The van der Waals surface area contributed by atoms with Gasteiger partial charge in [-0.25, -0.2) is 59.9 Å². The molecule has 2 aliphatic heterocycles. The van der Waals surface area contributed by atoms with E-state index in [-0.39, 0.29) is 80.2 Å². The van der Waals surface area contributed by atoms with Crippen molar-refractivity contribution in [2.75, 3.05) is 126 Å². The van der Waals surface area contributed by atoms with Gasteiger partial charge in [-0.05, 0) is 174 Å². The highest BCUT2D eigenvalue weighted by molar-refractivity contribution is 6.02. The molecule has 0 fully saturated rings. The monoisotopic (exact) mass is 1640 g/mol. The zero-order chi connectivity index (χ0) is 83.2. The minimum Gasteiger partial charge on any atom is -0.493 e. The number of nitrogens with one attached hydrogen (secondary N) is 14. The molecule has 14 N–H and O–H groups in total. The average Bonchev–Trinajstić information content (AvgIpc) is 1.18. The lowest BCUT2D eigenvalue weighted by Gasteiger charge is -2.19. The Morgan fingerprint density at radius 1 is 0.305 bits per heavy atom. The highest BCUT2D eigenvalue weighted by Gasteiger charge is 2.21. The number of fused-ring (bicyclic) bond motifs is 7. The predicted octanol–water partition coefficient (Wildman–Crippen LogP) is 16.4. The van der Waals surface area contributed by atoms with Gasteiger partial charge in [-0.15, -0.1) is 0 Å². The van der Waals surface area contributed by atoms with Crippen LogP contribution >= 0.6 is 0 Å². The molecule has 0 saturated carbocycles. The first-order valence-electron chi connectivity index (χ1n) is 39.5. The molecule has 5 aliphatic rings. The lowest BCUT2D eigenvalue weighted by Crippen LogP contribution is -2.36.